The van der Waals surface area contributed by atoms with Crippen molar-refractivity contribution < 1.29 is 35.9 Å². The number of amides is 2. The van der Waals surface area contributed by atoms with Crippen molar-refractivity contribution in [3.8, 4) is 27.9 Å². The number of carbonyl (C=O) groups is 2. The minimum Gasteiger partial charge on any atom is -0.308 e. The molecule has 246 valence electrons. The number of nitrogens with zero attached hydrogens (tertiary/aromatic N) is 2. The second kappa shape index (κ2) is 11.2. The van der Waals surface area contributed by atoms with Crippen LogP contribution in [-0.2, 0) is 12.4 Å². The number of para-hydroxylation sites is 2. The average Bonchev–Trinajstić information content (AvgIpc) is 3.57. The van der Waals surface area contributed by atoms with E-state index in [-0.39, 0.29) is 22.8 Å². The van der Waals surface area contributed by atoms with Crippen molar-refractivity contribution >= 4 is 39.3 Å². The van der Waals surface area contributed by atoms with Crippen molar-refractivity contribution in [2.24, 2.45) is 0 Å². The molecule has 0 aliphatic carbocycles. The van der Waals surface area contributed by atoms with Gasteiger partial charge in [-0.15, -0.1) is 0 Å². The molecule has 10 heteroatoms. The number of aromatic nitrogens is 1. The Labute approximate surface area is 280 Å². The first-order valence-electron chi connectivity index (χ1n) is 15.4. The molecule has 0 unspecified atom stereocenters. The van der Waals surface area contributed by atoms with E-state index in [0.29, 0.717) is 44.8 Å². The lowest BCUT2D eigenvalue weighted by molar-refractivity contribution is -0.142. The molecular weight excluding hydrogens is 654 g/mol. The van der Waals surface area contributed by atoms with Crippen molar-refractivity contribution in [1.82, 2.24) is 4.57 Å². The van der Waals surface area contributed by atoms with Gasteiger partial charge in [-0.25, -0.2) is 4.90 Å². The molecule has 1 aliphatic heterocycles. The van der Waals surface area contributed by atoms with E-state index in [4.69, 9.17) is 0 Å². The average molecular weight is 677 g/mol. The van der Waals surface area contributed by atoms with Gasteiger partial charge in [-0.1, -0.05) is 84.9 Å². The maximum Gasteiger partial charge on any atom is 0.417 e. The predicted molar refractivity (Wildman–Crippen MR) is 179 cm³/mol. The van der Waals surface area contributed by atoms with Crippen LogP contribution in [0.1, 0.15) is 31.8 Å². The van der Waals surface area contributed by atoms with Crippen LogP contribution < -0.4 is 4.90 Å². The molecule has 0 bridgehead atoms. The molecule has 2 amide bonds. The largest absolute Gasteiger partial charge is 0.417 e. The molecule has 0 spiro atoms. The smallest absolute Gasteiger partial charge is 0.308 e. The Balaban J connectivity index is 1.31. The fourth-order valence-corrected chi connectivity index (χ4v) is 6.81. The summed E-state index contributed by atoms with van der Waals surface area (Å²) in [4.78, 5) is 29.5. The SMILES string of the molecule is O=C1c2cccc(-n3c4ccccc4c4cc(-c5ccc(C(F)(F)F)cc5C(F)(F)F)ccc43)c2C(=O)N1c1ccccc1-c1ccccc1. The van der Waals surface area contributed by atoms with Crippen LogP contribution in [0.2, 0.25) is 0 Å². The van der Waals surface area contributed by atoms with Crippen molar-refractivity contribution in [2.75, 3.05) is 4.90 Å². The van der Waals surface area contributed by atoms with Crippen LogP contribution in [-0.4, -0.2) is 16.4 Å². The zero-order valence-electron chi connectivity index (χ0n) is 25.7. The minimum atomic E-state index is -5.05. The Kier molecular flexibility index (Phi) is 6.97. The zero-order chi connectivity index (χ0) is 34.9. The molecule has 50 heavy (non-hydrogen) atoms. The quantitative estimate of drug-likeness (QED) is 0.138. The summed E-state index contributed by atoms with van der Waals surface area (Å²) in [7, 11) is 0. The van der Waals surface area contributed by atoms with Gasteiger partial charge in [0.1, 0.15) is 0 Å². The van der Waals surface area contributed by atoms with Gasteiger partial charge >= 0.3 is 12.4 Å². The van der Waals surface area contributed by atoms with Crippen LogP contribution in [0.25, 0.3) is 49.7 Å². The lowest BCUT2D eigenvalue weighted by Gasteiger charge is -2.18. The summed E-state index contributed by atoms with van der Waals surface area (Å²) in [5.74, 6) is -1.04. The van der Waals surface area contributed by atoms with Crippen molar-refractivity contribution in [3.05, 3.63) is 156 Å². The highest BCUT2D eigenvalue weighted by molar-refractivity contribution is 6.36. The summed E-state index contributed by atoms with van der Waals surface area (Å²) >= 11 is 0. The Hall–Kier alpha value is -6.16. The number of hydrogen-bond donors (Lipinski definition) is 0. The molecule has 1 aromatic heterocycles. The van der Waals surface area contributed by atoms with E-state index in [0.717, 1.165) is 16.5 Å². The number of imide groups is 1. The summed E-state index contributed by atoms with van der Waals surface area (Å²) in [6, 6.07) is 34.6. The number of carbonyl (C=O) groups excluding carboxylic acids is 2. The fourth-order valence-electron chi connectivity index (χ4n) is 6.81. The van der Waals surface area contributed by atoms with Gasteiger partial charge in [0.25, 0.3) is 11.8 Å². The van der Waals surface area contributed by atoms with E-state index in [2.05, 4.69) is 0 Å². The number of alkyl halides is 6. The van der Waals surface area contributed by atoms with Gasteiger partial charge in [0.15, 0.2) is 0 Å². The van der Waals surface area contributed by atoms with Gasteiger partial charge in [0, 0.05) is 16.3 Å². The van der Waals surface area contributed by atoms with Crippen LogP contribution in [0.5, 0.6) is 0 Å². The third kappa shape index (κ3) is 4.86. The molecule has 0 radical (unpaired) electrons. The third-order valence-electron chi connectivity index (χ3n) is 9.00. The summed E-state index contributed by atoms with van der Waals surface area (Å²) < 4.78 is 84.3. The molecule has 1 aliphatic rings. The number of rotatable bonds is 4. The number of halogens is 6. The van der Waals surface area contributed by atoms with Crippen LogP contribution >= 0.6 is 0 Å². The maximum atomic E-state index is 14.4. The van der Waals surface area contributed by atoms with Gasteiger partial charge in [-0.3, -0.25) is 9.59 Å². The maximum absolute atomic E-state index is 14.4. The molecule has 0 saturated heterocycles. The topological polar surface area (TPSA) is 42.3 Å². The Bertz CT molecular complexity index is 2510. The zero-order valence-corrected chi connectivity index (χ0v) is 25.7. The number of hydrogen-bond acceptors (Lipinski definition) is 2. The van der Waals surface area contributed by atoms with Crippen LogP contribution in [0.4, 0.5) is 32.0 Å². The molecule has 8 rings (SSSR count). The van der Waals surface area contributed by atoms with Crippen LogP contribution in [0.3, 0.4) is 0 Å². The van der Waals surface area contributed by atoms with E-state index in [1.807, 2.05) is 42.5 Å². The molecule has 0 saturated carbocycles. The summed E-state index contributed by atoms with van der Waals surface area (Å²) in [6.07, 6.45) is -10.0. The normalized spacial score (nSPS) is 13.4. The monoisotopic (exact) mass is 676 g/mol. The highest BCUT2D eigenvalue weighted by Crippen LogP contribution is 2.44. The van der Waals surface area contributed by atoms with Crippen molar-refractivity contribution in [1.29, 1.82) is 0 Å². The van der Waals surface area contributed by atoms with Gasteiger partial charge in [-0.05, 0) is 65.2 Å². The molecular formula is C40H22F6N2O2. The van der Waals surface area contributed by atoms with E-state index in [9.17, 15) is 35.9 Å². The highest BCUT2D eigenvalue weighted by atomic mass is 19.4. The van der Waals surface area contributed by atoms with E-state index in [1.54, 1.807) is 65.2 Å². The first-order valence-corrected chi connectivity index (χ1v) is 15.4. The second-order valence-electron chi connectivity index (χ2n) is 11.9. The van der Waals surface area contributed by atoms with Crippen molar-refractivity contribution in [3.63, 3.8) is 0 Å². The van der Waals surface area contributed by atoms with Gasteiger partial charge < -0.3 is 4.57 Å². The van der Waals surface area contributed by atoms with E-state index >= 15 is 0 Å². The third-order valence-corrected chi connectivity index (χ3v) is 9.00. The number of anilines is 1. The summed E-state index contributed by atoms with van der Waals surface area (Å²) in [5, 5.41) is 1.14. The second-order valence-corrected chi connectivity index (χ2v) is 11.9. The van der Waals surface area contributed by atoms with E-state index < -0.39 is 40.9 Å². The Morgan fingerprint density at radius 2 is 1.12 bits per heavy atom. The highest BCUT2D eigenvalue weighted by Gasteiger charge is 2.41. The molecule has 4 nitrogen and oxygen atoms in total. The van der Waals surface area contributed by atoms with Crippen molar-refractivity contribution in [2.45, 2.75) is 12.4 Å². The Morgan fingerprint density at radius 1 is 0.460 bits per heavy atom. The minimum absolute atomic E-state index is 0.0645. The Morgan fingerprint density at radius 3 is 1.88 bits per heavy atom. The van der Waals surface area contributed by atoms with Gasteiger partial charge in [-0.2, -0.15) is 26.3 Å². The molecule has 0 fully saturated rings. The first-order chi connectivity index (χ1) is 23.9. The molecule has 0 N–H and O–H groups in total. The molecule has 7 aromatic rings. The standard InChI is InChI=1S/C40H22F6N2O2/c41-39(42,43)25-18-19-26(31(22-25)40(44,45)46)24-17-20-34-30(21-24)28-12-5-7-15-33(28)47(34)35-16-8-13-29-36(35)38(50)48(37(29)49)32-14-6-4-11-27(32)23-9-2-1-3-10-23/h1-22H. The fraction of sp³-hybridized carbons (Fsp3) is 0.0500. The number of benzene rings is 6. The number of fused-ring (bicyclic) bond motifs is 4. The summed E-state index contributed by atoms with van der Waals surface area (Å²) in [6.45, 7) is 0. The van der Waals surface area contributed by atoms with Crippen LogP contribution in [0.15, 0.2) is 133 Å². The van der Waals surface area contributed by atoms with Crippen LogP contribution in [0, 0.1) is 0 Å². The first kappa shape index (κ1) is 31.1. The lowest BCUT2D eigenvalue weighted by Crippen LogP contribution is -2.30. The molecule has 2 heterocycles. The van der Waals surface area contributed by atoms with Gasteiger partial charge in [0.05, 0.1) is 44.7 Å². The van der Waals surface area contributed by atoms with Gasteiger partial charge in [0.2, 0.25) is 0 Å². The predicted octanol–water partition coefficient (Wildman–Crippen LogP) is 11.0. The lowest BCUT2D eigenvalue weighted by atomic mass is 9.95. The molecule has 0 atom stereocenters. The van der Waals surface area contributed by atoms with E-state index in [1.165, 1.54) is 12.1 Å². The molecule has 6 aromatic carbocycles. The summed E-state index contributed by atoms with van der Waals surface area (Å²) in [5.41, 5.74) is 0.659.